The number of nitrogens with zero attached hydrogens (tertiary/aromatic N) is 2. The zero-order valence-corrected chi connectivity index (χ0v) is 11.3. The second-order valence-corrected chi connectivity index (χ2v) is 4.87. The molecular weight excluding hydrogens is 288 g/mol. The average Bonchev–Trinajstić information content (AvgIpc) is 2.75. The standard InChI is InChI=1S/C12H11ClN2O5/c1-20-12(17)9-5-8(15(18)19)2-3-10(9)14-6-7(13)4-11(14)16/h2-3,5,7H,4,6H2,1H3. The van der Waals surface area contributed by atoms with Crippen LogP contribution < -0.4 is 4.90 Å². The molecule has 1 aliphatic rings. The van der Waals surface area contributed by atoms with Gasteiger partial charge in [-0.25, -0.2) is 4.79 Å². The number of halogens is 1. The van der Waals surface area contributed by atoms with Crippen LogP contribution in [0.3, 0.4) is 0 Å². The first-order valence-electron chi connectivity index (χ1n) is 5.75. The van der Waals surface area contributed by atoms with E-state index in [4.69, 9.17) is 11.6 Å². The number of methoxy groups -OCH3 is 1. The number of benzene rings is 1. The maximum absolute atomic E-state index is 11.8. The molecule has 0 bridgehead atoms. The lowest BCUT2D eigenvalue weighted by molar-refractivity contribution is -0.384. The van der Waals surface area contributed by atoms with Crippen LogP contribution >= 0.6 is 11.6 Å². The molecule has 1 aliphatic heterocycles. The Morgan fingerprint density at radius 1 is 1.55 bits per heavy atom. The van der Waals surface area contributed by atoms with E-state index in [0.717, 1.165) is 6.07 Å². The number of hydrogen-bond acceptors (Lipinski definition) is 5. The Hall–Kier alpha value is -2.15. The SMILES string of the molecule is COC(=O)c1cc([N+](=O)[O-])ccc1N1CC(Cl)CC1=O. The quantitative estimate of drug-likeness (QED) is 0.367. The smallest absolute Gasteiger partial charge is 0.340 e. The summed E-state index contributed by atoms with van der Waals surface area (Å²) in [6, 6.07) is 3.68. The van der Waals surface area contributed by atoms with Crippen molar-refractivity contribution in [2.45, 2.75) is 11.8 Å². The minimum atomic E-state index is -0.741. The Balaban J connectivity index is 2.49. The van der Waals surface area contributed by atoms with Gasteiger partial charge in [-0.3, -0.25) is 14.9 Å². The number of esters is 1. The molecule has 1 aromatic rings. The van der Waals surface area contributed by atoms with Gasteiger partial charge in [-0.2, -0.15) is 0 Å². The summed E-state index contributed by atoms with van der Waals surface area (Å²) in [4.78, 5) is 35.0. The van der Waals surface area contributed by atoms with Crippen LogP contribution in [0.4, 0.5) is 11.4 Å². The number of carbonyl (C=O) groups excluding carboxylic acids is 2. The molecule has 106 valence electrons. The summed E-state index contributed by atoms with van der Waals surface area (Å²) in [5.41, 5.74) is -0.000337. The number of nitro benzene ring substituents is 1. The highest BCUT2D eigenvalue weighted by atomic mass is 35.5. The predicted octanol–water partition coefficient (Wildman–Crippen LogP) is 1.73. The van der Waals surface area contributed by atoms with Gasteiger partial charge in [-0.15, -0.1) is 11.6 Å². The fraction of sp³-hybridized carbons (Fsp3) is 0.333. The number of alkyl halides is 1. The van der Waals surface area contributed by atoms with E-state index >= 15 is 0 Å². The van der Waals surface area contributed by atoms with Crippen molar-refractivity contribution in [2.75, 3.05) is 18.6 Å². The predicted molar refractivity (Wildman–Crippen MR) is 71.0 cm³/mol. The summed E-state index contributed by atoms with van der Waals surface area (Å²) in [6.07, 6.45) is 0.166. The minimum absolute atomic E-state index is 0.0270. The first-order chi connectivity index (χ1) is 9.43. The molecule has 7 nitrogen and oxygen atoms in total. The van der Waals surface area contributed by atoms with Crippen LogP contribution in [0.1, 0.15) is 16.8 Å². The van der Waals surface area contributed by atoms with Gasteiger partial charge >= 0.3 is 5.97 Å². The number of anilines is 1. The lowest BCUT2D eigenvalue weighted by Crippen LogP contribution is -2.26. The largest absolute Gasteiger partial charge is 0.465 e. The molecule has 1 heterocycles. The molecule has 2 rings (SSSR count). The van der Waals surface area contributed by atoms with Crippen LogP contribution in [0.15, 0.2) is 18.2 Å². The highest BCUT2D eigenvalue weighted by Crippen LogP contribution is 2.30. The summed E-state index contributed by atoms with van der Waals surface area (Å²) in [5, 5.41) is 10.4. The van der Waals surface area contributed by atoms with Gasteiger partial charge < -0.3 is 9.64 Å². The van der Waals surface area contributed by atoms with Crippen molar-refractivity contribution in [1.82, 2.24) is 0 Å². The molecule has 1 amide bonds. The van der Waals surface area contributed by atoms with Crippen LogP contribution in [-0.4, -0.2) is 35.8 Å². The van der Waals surface area contributed by atoms with Gasteiger partial charge in [-0.05, 0) is 6.07 Å². The number of non-ortho nitro benzene ring substituents is 1. The summed E-state index contributed by atoms with van der Waals surface area (Å²) in [7, 11) is 1.17. The maximum atomic E-state index is 11.8. The molecule has 0 spiro atoms. The Kier molecular flexibility index (Phi) is 3.89. The molecular formula is C12H11ClN2O5. The van der Waals surface area contributed by atoms with Crippen molar-refractivity contribution < 1.29 is 19.2 Å². The lowest BCUT2D eigenvalue weighted by atomic mass is 10.1. The van der Waals surface area contributed by atoms with Gasteiger partial charge in [0.25, 0.3) is 5.69 Å². The van der Waals surface area contributed by atoms with E-state index in [9.17, 15) is 19.7 Å². The van der Waals surface area contributed by atoms with Gasteiger partial charge in [-0.1, -0.05) is 0 Å². The van der Waals surface area contributed by atoms with E-state index in [1.54, 1.807) is 0 Å². The fourth-order valence-electron chi connectivity index (χ4n) is 2.04. The van der Waals surface area contributed by atoms with Crippen LogP contribution in [0.5, 0.6) is 0 Å². The number of nitro groups is 1. The monoisotopic (exact) mass is 298 g/mol. The molecule has 0 aromatic heterocycles. The van der Waals surface area contributed by atoms with Gasteiger partial charge in [0.15, 0.2) is 0 Å². The molecule has 1 atom stereocenters. The van der Waals surface area contributed by atoms with E-state index in [0.29, 0.717) is 0 Å². The summed E-state index contributed by atoms with van der Waals surface area (Å²) >= 11 is 5.91. The third-order valence-electron chi connectivity index (χ3n) is 2.96. The third kappa shape index (κ3) is 2.57. The first kappa shape index (κ1) is 14.3. The highest BCUT2D eigenvalue weighted by molar-refractivity contribution is 6.24. The topological polar surface area (TPSA) is 89.8 Å². The molecule has 1 fully saturated rings. The van der Waals surface area contributed by atoms with Gasteiger partial charge in [0.2, 0.25) is 5.91 Å². The van der Waals surface area contributed by atoms with Crippen LogP contribution in [0.25, 0.3) is 0 Å². The zero-order chi connectivity index (χ0) is 14.9. The molecule has 1 saturated heterocycles. The minimum Gasteiger partial charge on any atom is -0.465 e. The molecule has 1 unspecified atom stereocenters. The summed E-state index contributed by atoms with van der Waals surface area (Å²) in [6.45, 7) is 0.252. The molecule has 0 N–H and O–H groups in total. The summed E-state index contributed by atoms with van der Waals surface area (Å²) < 4.78 is 4.60. The Bertz CT molecular complexity index is 589. The molecule has 20 heavy (non-hydrogen) atoms. The third-order valence-corrected chi connectivity index (χ3v) is 3.26. The van der Waals surface area contributed by atoms with Crippen LogP contribution in [0, 0.1) is 10.1 Å². The van der Waals surface area contributed by atoms with Crippen LogP contribution in [-0.2, 0) is 9.53 Å². The van der Waals surface area contributed by atoms with Crippen molar-refractivity contribution in [3.63, 3.8) is 0 Å². The average molecular weight is 299 g/mol. The van der Waals surface area contributed by atoms with Crippen molar-refractivity contribution in [1.29, 1.82) is 0 Å². The fourth-order valence-corrected chi connectivity index (χ4v) is 2.31. The van der Waals surface area contributed by atoms with Crippen molar-refractivity contribution in [3.8, 4) is 0 Å². The number of rotatable bonds is 3. The van der Waals surface area contributed by atoms with Gasteiger partial charge in [0.05, 0.1) is 28.7 Å². The number of carbonyl (C=O) groups is 2. The first-order valence-corrected chi connectivity index (χ1v) is 6.19. The molecule has 8 heteroatoms. The van der Waals surface area contributed by atoms with E-state index in [-0.39, 0.29) is 41.2 Å². The van der Waals surface area contributed by atoms with Gasteiger partial charge in [0, 0.05) is 25.1 Å². The van der Waals surface area contributed by atoms with Crippen molar-refractivity contribution in [2.24, 2.45) is 0 Å². The Morgan fingerprint density at radius 3 is 2.75 bits per heavy atom. The molecule has 1 aromatic carbocycles. The van der Waals surface area contributed by atoms with E-state index in [1.165, 1.54) is 24.1 Å². The lowest BCUT2D eigenvalue weighted by Gasteiger charge is -2.18. The van der Waals surface area contributed by atoms with E-state index in [1.807, 2.05) is 0 Å². The Labute approximate surface area is 119 Å². The number of hydrogen-bond donors (Lipinski definition) is 0. The van der Waals surface area contributed by atoms with E-state index < -0.39 is 10.9 Å². The van der Waals surface area contributed by atoms with Crippen molar-refractivity contribution in [3.05, 3.63) is 33.9 Å². The summed E-state index contributed by atoms with van der Waals surface area (Å²) in [5.74, 6) is -0.974. The number of amides is 1. The molecule has 0 radical (unpaired) electrons. The van der Waals surface area contributed by atoms with Crippen LogP contribution in [0.2, 0.25) is 0 Å². The highest BCUT2D eigenvalue weighted by Gasteiger charge is 2.32. The zero-order valence-electron chi connectivity index (χ0n) is 10.5. The normalized spacial score (nSPS) is 18.2. The van der Waals surface area contributed by atoms with Gasteiger partial charge in [0.1, 0.15) is 0 Å². The number of ether oxygens (including phenoxy) is 1. The Morgan fingerprint density at radius 2 is 2.25 bits per heavy atom. The molecule has 0 saturated carbocycles. The second kappa shape index (κ2) is 5.46. The maximum Gasteiger partial charge on any atom is 0.340 e. The van der Waals surface area contributed by atoms with Crippen molar-refractivity contribution >= 4 is 34.9 Å². The molecule has 0 aliphatic carbocycles. The van der Waals surface area contributed by atoms with E-state index in [2.05, 4.69) is 4.74 Å². The second-order valence-electron chi connectivity index (χ2n) is 4.26.